The van der Waals surface area contributed by atoms with E-state index in [1.807, 2.05) is 24.3 Å². The fourth-order valence-electron chi connectivity index (χ4n) is 4.93. The molecule has 7 nitrogen and oxygen atoms in total. The molecular formula is C29H23ClF2N6O. The van der Waals surface area contributed by atoms with Crippen LogP contribution < -0.4 is 10.2 Å². The maximum absolute atomic E-state index is 15.0. The van der Waals surface area contributed by atoms with Crippen molar-refractivity contribution in [3.05, 3.63) is 83.9 Å². The average Bonchev–Trinajstić information content (AvgIpc) is 3.37. The van der Waals surface area contributed by atoms with Gasteiger partial charge < -0.3 is 15.3 Å². The molecule has 3 heterocycles. The number of piperazine rings is 1. The van der Waals surface area contributed by atoms with Crippen molar-refractivity contribution in [3.63, 3.8) is 0 Å². The summed E-state index contributed by atoms with van der Waals surface area (Å²) in [4.78, 5) is 6.86. The SMILES string of the molecule is Cl.N#Cc1c(-c2ccc(O)cc2F)nc2n[nH]c(-c3ccc(F)cc3)c2c1-c1ccc(N2CCNCC2)cc1. The van der Waals surface area contributed by atoms with E-state index in [2.05, 4.69) is 31.5 Å². The Balaban J connectivity index is 0.00000308. The van der Waals surface area contributed by atoms with E-state index in [0.29, 0.717) is 22.2 Å². The fraction of sp³-hybridized carbons (Fsp3) is 0.138. The van der Waals surface area contributed by atoms with Crippen molar-refractivity contribution in [2.24, 2.45) is 0 Å². The number of aromatic hydroxyl groups is 1. The first-order valence-electron chi connectivity index (χ1n) is 12.2. The topological polar surface area (TPSA) is 101 Å². The number of anilines is 1. The summed E-state index contributed by atoms with van der Waals surface area (Å²) in [6, 6.07) is 19.8. The molecular weight excluding hydrogens is 522 g/mol. The number of nitrogens with one attached hydrogen (secondary N) is 2. The molecule has 10 heteroatoms. The zero-order valence-corrected chi connectivity index (χ0v) is 21.4. The second-order valence-corrected chi connectivity index (χ2v) is 9.07. The Kier molecular flexibility index (Phi) is 7.15. The van der Waals surface area contributed by atoms with E-state index in [1.165, 1.54) is 24.3 Å². The lowest BCUT2D eigenvalue weighted by Gasteiger charge is -2.29. The number of hydrogen-bond acceptors (Lipinski definition) is 6. The van der Waals surface area contributed by atoms with Crippen LogP contribution in [0, 0.1) is 23.0 Å². The zero-order chi connectivity index (χ0) is 26.2. The van der Waals surface area contributed by atoms with Crippen molar-refractivity contribution in [1.29, 1.82) is 5.26 Å². The Morgan fingerprint density at radius 1 is 0.923 bits per heavy atom. The van der Waals surface area contributed by atoms with E-state index in [4.69, 9.17) is 0 Å². The molecule has 3 N–H and O–H groups in total. The van der Waals surface area contributed by atoms with Crippen LogP contribution in [0.3, 0.4) is 0 Å². The normalized spacial score (nSPS) is 13.2. The Morgan fingerprint density at radius 3 is 2.28 bits per heavy atom. The van der Waals surface area contributed by atoms with Gasteiger partial charge >= 0.3 is 0 Å². The van der Waals surface area contributed by atoms with E-state index in [1.54, 1.807) is 12.1 Å². The van der Waals surface area contributed by atoms with E-state index < -0.39 is 5.82 Å². The number of phenols is 1. The van der Waals surface area contributed by atoms with Gasteiger partial charge in [0.15, 0.2) is 5.65 Å². The molecule has 0 amide bonds. The number of aromatic amines is 1. The van der Waals surface area contributed by atoms with E-state index in [-0.39, 0.29) is 46.4 Å². The number of hydrogen-bond donors (Lipinski definition) is 3. The minimum atomic E-state index is -0.706. The maximum atomic E-state index is 15.0. The molecule has 0 atom stereocenters. The molecule has 0 radical (unpaired) electrons. The lowest BCUT2D eigenvalue weighted by molar-refractivity contribution is 0.469. The number of benzene rings is 3. The van der Waals surface area contributed by atoms with Crippen molar-refractivity contribution in [2.45, 2.75) is 0 Å². The molecule has 1 saturated heterocycles. The summed E-state index contributed by atoms with van der Waals surface area (Å²) in [5.74, 6) is -1.31. The summed E-state index contributed by atoms with van der Waals surface area (Å²) in [6.07, 6.45) is 0. The summed E-state index contributed by atoms with van der Waals surface area (Å²) < 4.78 is 28.6. The minimum absolute atomic E-state index is 0. The van der Waals surface area contributed by atoms with E-state index in [9.17, 15) is 19.1 Å². The average molecular weight is 545 g/mol. The Hall–Kier alpha value is -4.52. The zero-order valence-electron chi connectivity index (χ0n) is 20.6. The van der Waals surface area contributed by atoms with Gasteiger partial charge in [-0.2, -0.15) is 10.4 Å². The van der Waals surface area contributed by atoms with E-state index >= 15 is 0 Å². The van der Waals surface area contributed by atoms with Crippen LogP contribution in [0.4, 0.5) is 14.5 Å². The highest BCUT2D eigenvalue weighted by Crippen LogP contribution is 2.41. The van der Waals surface area contributed by atoms with Gasteiger partial charge in [-0.15, -0.1) is 12.4 Å². The predicted octanol–water partition coefficient (Wildman–Crippen LogP) is 5.65. The van der Waals surface area contributed by atoms with Crippen LogP contribution in [-0.4, -0.2) is 46.5 Å². The van der Waals surface area contributed by atoms with Crippen LogP contribution in [-0.2, 0) is 0 Å². The molecule has 0 saturated carbocycles. The van der Waals surface area contributed by atoms with Crippen molar-refractivity contribution in [1.82, 2.24) is 20.5 Å². The second kappa shape index (κ2) is 10.7. The lowest BCUT2D eigenvalue weighted by Crippen LogP contribution is -2.43. The molecule has 2 aromatic heterocycles. The van der Waals surface area contributed by atoms with Crippen LogP contribution in [0.2, 0.25) is 0 Å². The van der Waals surface area contributed by atoms with Crippen molar-refractivity contribution < 1.29 is 13.9 Å². The second-order valence-electron chi connectivity index (χ2n) is 9.07. The van der Waals surface area contributed by atoms with Gasteiger partial charge in [-0.25, -0.2) is 13.8 Å². The molecule has 1 aliphatic rings. The van der Waals surface area contributed by atoms with Gasteiger partial charge in [0.1, 0.15) is 23.5 Å². The molecule has 6 rings (SSSR count). The molecule has 196 valence electrons. The summed E-state index contributed by atoms with van der Waals surface area (Å²) in [5, 5.41) is 31.4. The first kappa shape index (κ1) is 26.1. The van der Waals surface area contributed by atoms with Crippen molar-refractivity contribution >= 4 is 29.1 Å². The summed E-state index contributed by atoms with van der Waals surface area (Å²) in [7, 11) is 0. The predicted molar refractivity (Wildman–Crippen MR) is 149 cm³/mol. The van der Waals surface area contributed by atoms with Gasteiger partial charge in [-0.3, -0.25) is 5.10 Å². The minimum Gasteiger partial charge on any atom is -0.508 e. The van der Waals surface area contributed by atoms with E-state index in [0.717, 1.165) is 43.5 Å². The van der Waals surface area contributed by atoms with Gasteiger partial charge in [-0.1, -0.05) is 12.1 Å². The quantitative estimate of drug-likeness (QED) is 0.270. The standard InChI is InChI=1S/C29H22F2N6O.ClH/c30-19-5-1-18(2-6-19)27-26-25(17-3-7-20(8-4-17)37-13-11-33-12-14-37)23(16-32)28(34-29(26)36-35-27)22-10-9-21(38)15-24(22)31;/h1-10,15,33,38H,11-14H2,(H,34,35,36);1H. The number of H-pyrrole nitrogens is 1. The van der Waals surface area contributed by atoms with Crippen LogP contribution >= 0.6 is 12.4 Å². The number of rotatable bonds is 4. The molecule has 1 fully saturated rings. The smallest absolute Gasteiger partial charge is 0.182 e. The number of nitriles is 1. The van der Waals surface area contributed by atoms with Gasteiger partial charge in [0, 0.05) is 54.6 Å². The van der Waals surface area contributed by atoms with Gasteiger partial charge in [0.25, 0.3) is 0 Å². The summed E-state index contributed by atoms with van der Waals surface area (Å²) in [6.45, 7) is 3.60. The van der Waals surface area contributed by atoms with Gasteiger partial charge in [-0.05, 0) is 54.1 Å². The molecule has 0 bridgehead atoms. The highest BCUT2D eigenvalue weighted by atomic mass is 35.5. The first-order valence-corrected chi connectivity index (χ1v) is 12.2. The van der Waals surface area contributed by atoms with Gasteiger partial charge in [0.2, 0.25) is 0 Å². The largest absolute Gasteiger partial charge is 0.508 e. The molecule has 0 unspecified atom stereocenters. The third kappa shape index (κ3) is 4.76. The van der Waals surface area contributed by atoms with Gasteiger partial charge in [0.05, 0.1) is 22.3 Å². The number of phenolic OH excluding ortho intramolecular Hbond substituents is 1. The number of fused-ring (bicyclic) bond motifs is 1. The molecule has 0 spiro atoms. The van der Waals surface area contributed by atoms with Crippen LogP contribution in [0.5, 0.6) is 5.75 Å². The summed E-state index contributed by atoms with van der Waals surface area (Å²) in [5.41, 5.74) is 4.23. The molecule has 0 aliphatic carbocycles. The van der Waals surface area contributed by atoms with Crippen LogP contribution in [0.25, 0.3) is 44.7 Å². The fourth-order valence-corrected chi connectivity index (χ4v) is 4.93. The monoisotopic (exact) mass is 544 g/mol. The van der Waals surface area contributed by atoms with Crippen LogP contribution in [0.15, 0.2) is 66.7 Å². The molecule has 39 heavy (non-hydrogen) atoms. The number of nitrogens with zero attached hydrogens (tertiary/aromatic N) is 4. The number of aromatic nitrogens is 3. The Morgan fingerprint density at radius 2 is 1.62 bits per heavy atom. The highest BCUT2D eigenvalue weighted by Gasteiger charge is 2.24. The number of halogens is 3. The Bertz CT molecular complexity index is 1690. The van der Waals surface area contributed by atoms with Crippen molar-refractivity contribution in [2.75, 3.05) is 31.1 Å². The van der Waals surface area contributed by atoms with Crippen LogP contribution in [0.1, 0.15) is 5.56 Å². The lowest BCUT2D eigenvalue weighted by atomic mass is 9.91. The third-order valence-corrected chi connectivity index (χ3v) is 6.79. The summed E-state index contributed by atoms with van der Waals surface area (Å²) >= 11 is 0. The highest BCUT2D eigenvalue weighted by molar-refractivity contribution is 6.06. The van der Waals surface area contributed by atoms with Crippen molar-refractivity contribution in [3.8, 4) is 45.5 Å². The first-order chi connectivity index (χ1) is 18.5. The number of pyridine rings is 1. The maximum Gasteiger partial charge on any atom is 0.182 e. The molecule has 3 aromatic carbocycles. The third-order valence-electron chi connectivity index (χ3n) is 6.79. The molecule has 5 aromatic rings. The Labute approximate surface area is 229 Å². The molecule has 1 aliphatic heterocycles.